The average molecular weight is 405 g/mol. The van der Waals surface area contributed by atoms with Gasteiger partial charge in [-0.25, -0.2) is 18.3 Å². The Morgan fingerprint density at radius 3 is 2.68 bits per heavy atom. The Hall–Kier alpha value is -1.21. The molecule has 0 aliphatic carbocycles. The van der Waals surface area contributed by atoms with Crippen LogP contribution in [0.25, 0.3) is 0 Å². The van der Waals surface area contributed by atoms with Crippen molar-refractivity contribution in [3.8, 4) is 0 Å². The van der Waals surface area contributed by atoms with Crippen LogP contribution < -0.4 is 11.4 Å². The van der Waals surface area contributed by atoms with Crippen molar-refractivity contribution in [2.24, 2.45) is 0 Å². The van der Waals surface area contributed by atoms with Crippen LogP contribution >= 0.6 is 15.6 Å². The van der Waals surface area contributed by atoms with Crippen LogP contribution in [0.15, 0.2) is 11.0 Å². The lowest BCUT2D eigenvalue weighted by molar-refractivity contribution is -0.0452. The highest BCUT2D eigenvalue weighted by molar-refractivity contribution is 7.60. The lowest BCUT2D eigenvalue weighted by Crippen LogP contribution is -2.29. The van der Waals surface area contributed by atoms with Gasteiger partial charge in [0.1, 0.15) is 12.3 Å². The molecule has 0 saturated carbocycles. The quantitative estimate of drug-likeness (QED) is 0.356. The summed E-state index contributed by atoms with van der Waals surface area (Å²) in [6, 6.07) is 0. The number of hydrogen-bond donors (Lipinski definition) is 5. The van der Waals surface area contributed by atoms with Gasteiger partial charge in [-0.1, -0.05) is 0 Å². The molecule has 1 aromatic rings. The molecule has 1 aromatic heterocycles. The molecule has 1 saturated heterocycles. The zero-order valence-electron chi connectivity index (χ0n) is 12.2. The zero-order chi connectivity index (χ0) is 19.0. The fraction of sp³-hybridized carbons (Fsp3) is 0.556. The Morgan fingerprint density at radius 2 is 2.08 bits per heavy atom. The van der Waals surface area contributed by atoms with Gasteiger partial charge in [-0.2, -0.15) is 9.29 Å². The molecule has 6 N–H and O–H groups in total. The smallest absolute Gasteiger partial charge is 0.390 e. The summed E-state index contributed by atoms with van der Waals surface area (Å²) in [5, 5.41) is 9.84. The summed E-state index contributed by atoms with van der Waals surface area (Å²) < 4.78 is 49.1. The van der Waals surface area contributed by atoms with Crippen molar-refractivity contribution in [2.75, 3.05) is 12.3 Å². The minimum atomic E-state index is -5.29. The number of hydrogen-bond acceptors (Lipinski definition) is 9. The molecule has 142 valence electrons. The SMILES string of the molecule is Nc1nc(=O)n([C@H]2C[C@H](O)[C@@H](COP(=O)(O)OP(=O)(O)O)O2)cc1F. The fourth-order valence-electron chi connectivity index (χ4n) is 2.03. The first kappa shape index (κ1) is 20.1. The number of aliphatic hydroxyl groups excluding tert-OH is 1. The second-order valence-corrected chi connectivity index (χ2v) is 7.76. The Balaban J connectivity index is 2.05. The fourth-order valence-corrected chi connectivity index (χ4v) is 3.62. The maximum atomic E-state index is 13.4. The first-order valence-electron chi connectivity index (χ1n) is 6.50. The second-order valence-electron chi connectivity index (χ2n) is 4.93. The van der Waals surface area contributed by atoms with Crippen LogP contribution in [0, 0.1) is 5.82 Å². The van der Waals surface area contributed by atoms with E-state index in [2.05, 4.69) is 13.8 Å². The maximum Gasteiger partial charge on any atom is 0.481 e. The molecular weight excluding hydrogens is 391 g/mol. The van der Waals surface area contributed by atoms with Crippen molar-refractivity contribution in [3.05, 3.63) is 22.5 Å². The van der Waals surface area contributed by atoms with Crippen molar-refractivity contribution in [3.63, 3.8) is 0 Å². The van der Waals surface area contributed by atoms with E-state index in [0.29, 0.717) is 0 Å². The van der Waals surface area contributed by atoms with Gasteiger partial charge in [0.15, 0.2) is 11.6 Å². The molecule has 1 unspecified atom stereocenters. The molecule has 25 heavy (non-hydrogen) atoms. The zero-order valence-corrected chi connectivity index (χ0v) is 14.0. The first-order valence-corrected chi connectivity index (χ1v) is 9.52. The normalized spacial score (nSPS) is 26.5. The number of aromatic nitrogens is 2. The highest BCUT2D eigenvalue weighted by atomic mass is 31.3. The summed E-state index contributed by atoms with van der Waals surface area (Å²) in [6.07, 6.45) is -3.22. The Bertz CT molecular complexity index is 796. The van der Waals surface area contributed by atoms with E-state index in [0.717, 1.165) is 10.8 Å². The maximum absolute atomic E-state index is 13.4. The Kier molecular flexibility index (Phi) is 5.78. The van der Waals surface area contributed by atoms with Gasteiger partial charge >= 0.3 is 21.3 Å². The van der Waals surface area contributed by atoms with Crippen LogP contribution in [0.1, 0.15) is 12.6 Å². The summed E-state index contributed by atoms with van der Waals surface area (Å²) in [6.45, 7) is -0.801. The lowest BCUT2D eigenvalue weighted by Gasteiger charge is -2.18. The first-order chi connectivity index (χ1) is 11.4. The topological polar surface area (TPSA) is 204 Å². The number of ether oxygens (including phenoxy) is 1. The number of nitrogens with zero attached hydrogens (tertiary/aromatic N) is 2. The highest BCUT2D eigenvalue weighted by Crippen LogP contribution is 2.57. The van der Waals surface area contributed by atoms with Gasteiger partial charge in [0.2, 0.25) is 0 Å². The summed E-state index contributed by atoms with van der Waals surface area (Å²) in [5.41, 5.74) is 4.19. The monoisotopic (exact) mass is 405 g/mol. The van der Waals surface area contributed by atoms with Crippen LogP contribution in [-0.2, 0) is 22.7 Å². The van der Waals surface area contributed by atoms with Crippen molar-refractivity contribution in [2.45, 2.75) is 24.9 Å². The number of phosphoric acid groups is 2. The van der Waals surface area contributed by atoms with Gasteiger partial charge in [0.05, 0.1) is 18.9 Å². The van der Waals surface area contributed by atoms with Crippen LogP contribution in [-0.4, -0.2) is 48.2 Å². The second kappa shape index (κ2) is 7.19. The van der Waals surface area contributed by atoms with Crippen LogP contribution in [0.4, 0.5) is 10.2 Å². The average Bonchev–Trinajstić information content (AvgIpc) is 2.79. The Labute approximate surface area is 138 Å². The lowest BCUT2D eigenvalue weighted by atomic mass is 10.2. The van der Waals surface area contributed by atoms with Crippen molar-refractivity contribution < 1.29 is 46.9 Å². The molecular formula is C9H14FN3O10P2. The summed E-state index contributed by atoms with van der Waals surface area (Å²) in [4.78, 5) is 41.0. The number of halogens is 1. The molecule has 1 fully saturated rings. The molecule has 2 rings (SSSR count). The van der Waals surface area contributed by atoms with Gasteiger partial charge in [0.25, 0.3) is 0 Å². The molecule has 0 radical (unpaired) electrons. The van der Waals surface area contributed by atoms with E-state index in [4.69, 9.17) is 25.2 Å². The summed E-state index contributed by atoms with van der Waals surface area (Å²) in [7, 11) is -10.4. The van der Waals surface area contributed by atoms with Crippen LogP contribution in [0.2, 0.25) is 0 Å². The third-order valence-corrected chi connectivity index (χ3v) is 5.21. The molecule has 16 heteroatoms. The Morgan fingerprint density at radius 1 is 1.44 bits per heavy atom. The van der Waals surface area contributed by atoms with E-state index < -0.39 is 58.0 Å². The minimum Gasteiger partial charge on any atom is -0.390 e. The van der Waals surface area contributed by atoms with Gasteiger partial charge in [-0.15, -0.1) is 0 Å². The van der Waals surface area contributed by atoms with E-state index in [-0.39, 0.29) is 6.42 Å². The molecule has 0 aromatic carbocycles. The molecule has 0 amide bonds. The molecule has 0 spiro atoms. The third-order valence-electron chi connectivity index (χ3n) is 3.06. The van der Waals surface area contributed by atoms with Crippen molar-refractivity contribution in [1.29, 1.82) is 0 Å². The highest BCUT2D eigenvalue weighted by Gasteiger charge is 2.39. The molecule has 1 aliphatic heterocycles. The molecule has 13 nitrogen and oxygen atoms in total. The van der Waals surface area contributed by atoms with Crippen molar-refractivity contribution >= 4 is 21.5 Å². The number of nitrogen functional groups attached to an aromatic ring is 1. The third kappa shape index (κ3) is 5.38. The number of nitrogens with two attached hydrogens (primary N) is 1. The number of phosphoric ester groups is 1. The van der Waals surface area contributed by atoms with Gasteiger partial charge in [-0.3, -0.25) is 9.09 Å². The largest absolute Gasteiger partial charge is 0.481 e. The van der Waals surface area contributed by atoms with E-state index in [9.17, 15) is 23.4 Å². The van der Waals surface area contributed by atoms with Crippen LogP contribution in [0.3, 0.4) is 0 Å². The summed E-state index contributed by atoms with van der Waals surface area (Å²) in [5.74, 6) is -1.61. The molecule has 1 aliphatic rings. The number of aliphatic hydroxyl groups is 1. The predicted octanol–water partition coefficient (Wildman–Crippen LogP) is -1.16. The standard InChI is InChI=1S/C9H14FN3O10P2/c10-4-2-13(9(15)12-8(4)11)7-1-5(14)6(22-7)3-21-25(19,20)23-24(16,17)18/h2,5-7,14H,1,3H2,(H,19,20)(H2,11,12,15)(H2,16,17,18)/t5-,6+,7+/m0/s1. The minimum absolute atomic E-state index is 0.214. The van der Waals surface area contributed by atoms with E-state index in [1.54, 1.807) is 0 Å². The van der Waals surface area contributed by atoms with E-state index in [1.165, 1.54) is 0 Å². The van der Waals surface area contributed by atoms with Gasteiger partial charge in [0, 0.05) is 6.42 Å². The summed E-state index contributed by atoms with van der Waals surface area (Å²) >= 11 is 0. The van der Waals surface area contributed by atoms with Crippen LogP contribution in [0.5, 0.6) is 0 Å². The van der Waals surface area contributed by atoms with Gasteiger partial charge < -0.3 is 30.3 Å². The van der Waals surface area contributed by atoms with Gasteiger partial charge in [-0.05, 0) is 0 Å². The van der Waals surface area contributed by atoms with Crippen molar-refractivity contribution in [1.82, 2.24) is 9.55 Å². The molecule has 0 bridgehead atoms. The predicted molar refractivity (Wildman–Crippen MR) is 76.3 cm³/mol. The van der Waals surface area contributed by atoms with E-state index in [1.807, 2.05) is 0 Å². The molecule has 2 heterocycles. The molecule has 4 atom stereocenters. The number of anilines is 1. The number of rotatable bonds is 6. The van der Waals surface area contributed by atoms with E-state index >= 15 is 0 Å².